The molecule has 2 amide bonds. The van der Waals surface area contributed by atoms with Gasteiger partial charge in [0.25, 0.3) is 11.8 Å². The Morgan fingerprint density at radius 3 is 2.19 bits per heavy atom. The molecule has 3 rings (SSSR count). The molecule has 1 fully saturated rings. The monoisotopic (exact) mass is 369 g/mol. The number of carbonyl (C=O) groups is 2. The summed E-state index contributed by atoms with van der Waals surface area (Å²) in [6, 6.07) is 9.79. The Hall–Kier alpha value is -3.22. The highest BCUT2D eigenvalue weighted by atomic mass is 16.5. The topological polar surface area (TPSA) is 93.9 Å². The molecular weight excluding hydrogens is 346 g/mol. The van der Waals surface area contributed by atoms with Crippen molar-refractivity contribution in [2.45, 2.75) is 12.8 Å². The third kappa shape index (κ3) is 3.97. The molecule has 7 nitrogen and oxygen atoms in total. The van der Waals surface area contributed by atoms with Crippen molar-refractivity contribution in [3.8, 4) is 11.5 Å². The van der Waals surface area contributed by atoms with Gasteiger partial charge in [-0.05, 0) is 43.2 Å². The zero-order valence-electron chi connectivity index (χ0n) is 15.5. The Morgan fingerprint density at radius 2 is 1.59 bits per heavy atom. The summed E-state index contributed by atoms with van der Waals surface area (Å²) in [5.41, 5.74) is 7.44. The number of benzene rings is 2. The Bertz CT molecular complexity index is 843. The Morgan fingerprint density at radius 1 is 1.00 bits per heavy atom. The number of ether oxygens (including phenoxy) is 2. The van der Waals surface area contributed by atoms with Crippen LogP contribution in [-0.2, 0) is 0 Å². The van der Waals surface area contributed by atoms with Crippen molar-refractivity contribution in [2.75, 3.05) is 38.4 Å². The average molecular weight is 369 g/mol. The van der Waals surface area contributed by atoms with Crippen LogP contribution >= 0.6 is 0 Å². The second-order valence-electron chi connectivity index (χ2n) is 6.33. The van der Waals surface area contributed by atoms with E-state index in [2.05, 4.69) is 5.32 Å². The van der Waals surface area contributed by atoms with Crippen LogP contribution in [0.1, 0.15) is 33.6 Å². The van der Waals surface area contributed by atoms with Crippen molar-refractivity contribution in [3.63, 3.8) is 0 Å². The van der Waals surface area contributed by atoms with Crippen LogP contribution in [0.25, 0.3) is 0 Å². The van der Waals surface area contributed by atoms with E-state index >= 15 is 0 Å². The molecule has 0 atom stereocenters. The molecule has 0 saturated carbocycles. The lowest BCUT2D eigenvalue weighted by Gasteiger charge is -2.20. The van der Waals surface area contributed by atoms with Crippen LogP contribution in [0, 0.1) is 0 Å². The predicted octanol–water partition coefficient (Wildman–Crippen LogP) is 2.77. The standard InChI is InChI=1S/C20H23N3O4/c1-26-17-11-15(20(25)23-9-3-4-10-23)16(12-18(17)27-2)22-19(24)13-5-7-14(21)8-6-13/h5-8,11-12H,3-4,9-10,21H2,1-2H3,(H,22,24). The number of hydrogen-bond donors (Lipinski definition) is 2. The fourth-order valence-corrected chi connectivity index (χ4v) is 3.08. The van der Waals surface area contributed by atoms with Crippen LogP contribution in [0.15, 0.2) is 36.4 Å². The largest absolute Gasteiger partial charge is 0.493 e. The number of nitrogens with zero attached hydrogens (tertiary/aromatic N) is 1. The molecule has 0 aromatic heterocycles. The summed E-state index contributed by atoms with van der Waals surface area (Å²) in [7, 11) is 3.01. The smallest absolute Gasteiger partial charge is 0.256 e. The van der Waals surface area contributed by atoms with E-state index in [0.717, 1.165) is 12.8 Å². The molecule has 0 bridgehead atoms. The third-order valence-electron chi connectivity index (χ3n) is 4.57. The van der Waals surface area contributed by atoms with E-state index in [-0.39, 0.29) is 11.8 Å². The molecule has 1 aliphatic rings. The molecule has 2 aromatic rings. The molecule has 27 heavy (non-hydrogen) atoms. The highest BCUT2D eigenvalue weighted by Gasteiger charge is 2.25. The maximum atomic E-state index is 13.0. The van der Waals surface area contributed by atoms with Gasteiger partial charge in [0.1, 0.15) is 0 Å². The minimum Gasteiger partial charge on any atom is -0.493 e. The van der Waals surface area contributed by atoms with Gasteiger partial charge in [0.15, 0.2) is 11.5 Å². The van der Waals surface area contributed by atoms with Gasteiger partial charge in [0, 0.05) is 30.4 Å². The van der Waals surface area contributed by atoms with Crippen LogP contribution in [-0.4, -0.2) is 44.0 Å². The SMILES string of the molecule is COc1cc(NC(=O)c2ccc(N)cc2)c(C(=O)N2CCCC2)cc1OC. The fourth-order valence-electron chi connectivity index (χ4n) is 3.08. The highest BCUT2D eigenvalue weighted by Crippen LogP contribution is 2.34. The molecular formula is C20H23N3O4. The molecule has 0 radical (unpaired) electrons. The van der Waals surface area contributed by atoms with Crippen LogP contribution in [0.2, 0.25) is 0 Å². The highest BCUT2D eigenvalue weighted by molar-refractivity contribution is 6.09. The quantitative estimate of drug-likeness (QED) is 0.791. The summed E-state index contributed by atoms with van der Waals surface area (Å²) in [5, 5.41) is 2.81. The average Bonchev–Trinajstić information content (AvgIpc) is 3.22. The lowest BCUT2D eigenvalue weighted by atomic mass is 10.1. The van der Waals surface area contributed by atoms with Gasteiger partial charge in [0.2, 0.25) is 0 Å². The number of carbonyl (C=O) groups excluding carboxylic acids is 2. The number of amides is 2. The molecule has 2 aromatic carbocycles. The van der Waals surface area contributed by atoms with Gasteiger partial charge in [-0.15, -0.1) is 0 Å². The Labute approximate surface area is 158 Å². The first kappa shape index (κ1) is 18.6. The van der Waals surface area contributed by atoms with Gasteiger partial charge in [-0.3, -0.25) is 9.59 Å². The lowest BCUT2D eigenvalue weighted by Crippen LogP contribution is -2.29. The summed E-state index contributed by atoms with van der Waals surface area (Å²) in [5.74, 6) is 0.396. The number of anilines is 2. The van der Waals surface area contributed by atoms with Crippen molar-refractivity contribution in [2.24, 2.45) is 0 Å². The number of nitrogens with one attached hydrogen (secondary N) is 1. The van der Waals surface area contributed by atoms with Gasteiger partial charge in [-0.2, -0.15) is 0 Å². The van der Waals surface area contributed by atoms with Gasteiger partial charge in [-0.1, -0.05) is 0 Å². The van der Waals surface area contributed by atoms with Crippen LogP contribution in [0.5, 0.6) is 11.5 Å². The van der Waals surface area contributed by atoms with Gasteiger partial charge < -0.3 is 25.4 Å². The first-order valence-electron chi connectivity index (χ1n) is 8.75. The number of nitrogen functional groups attached to an aromatic ring is 1. The zero-order valence-corrected chi connectivity index (χ0v) is 15.5. The summed E-state index contributed by atoms with van der Waals surface area (Å²) in [6.07, 6.45) is 1.96. The summed E-state index contributed by atoms with van der Waals surface area (Å²) < 4.78 is 10.6. The van der Waals surface area contributed by atoms with Gasteiger partial charge in [-0.25, -0.2) is 0 Å². The molecule has 0 spiro atoms. The summed E-state index contributed by atoms with van der Waals surface area (Å²) in [6.45, 7) is 1.41. The fraction of sp³-hybridized carbons (Fsp3) is 0.300. The second-order valence-corrected chi connectivity index (χ2v) is 6.33. The molecule has 142 valence electrons. The number of methoxy groups -OCH3 is 2. The van der Waals surface area contributed by atoms with E-state index in [9.17, 15) is 9.59 Å². The second kappa shape index (κ2) is 7.99. The maximum Gasteiger partial charge on any atom is 0.256 e. The maximum absolute atomic E-state index is 13.0. The van der Waals surface area contributed by atoms with E-state index in [4.69, 9.17) is 15.2 Å². The Balaban J connectivity index is 1.96. The van der Waals surface area contributed by atoms with Crippen molar-refractivity contribution < 1.29 is 19.1 Å². The summed E-state index contributed by atoms with van der Waals surface area (Å²) in [4.78, 5) is 27.4. The molecule has 1 saturated heterocycles. The molecule has 3 N–H and O–H groups in total. The van der Waals surface area contributed by atoms with E-state index in [1.54, 1.807) is 41.3 Å². The number of rotatable bonds is 5. The molecule has 1 heterocycles. The number of hydrogen-bond acceptors (Lipinski definition) is 5. The van der Waals surface area contributed by atoms with Crippen molar-refractivity contribution in [1.29, 1.82) is 0 Å². The number of likely N-dealkylation sites (tertiary alicyclic amines) is 1. The van der Waals surface area contributed by atoms with Crippen molar-refractivity contribution in [3.05, 3.63) is 47.5 Å². The van der Waals surface area contributed by atoms with Crippen LogP contribution < -0.4 is 20.5 Å². The van der Waals surface area contributed by atoms with Gasteiger partial charge in [0.05, 0.1) is 25.5 Å². The van der Waals surface area contributed by atoms with E-state index in [1.165, 1.54) is 14.2 Å². The van der Waals surface area contributed by atoms with Crippen molar-refractivity contribution >= 4 is 23.2 Å². The molecule has 0 aliphatic carbocycles. The van der Waals surface area contributed by atoms with Crippen LogP contribution in [0.4, 0.5) is 11.4 Å². The Kier molecular flexibility index (Phi) is 5.49. The minimum atomic E-state index is -0.335. The molecule has 1 aliphatic heterocycles. The van der Waals surface area contributed by atoms with E-state index < -0.39 is 0 Å². The molecule has 0 unspecified atom stereocenters. The third-order valence-corrected chi connectivity index (χ3v) is 4.57. The first-order chi connectivity index (χ1) is 13.0. The van der Waals surface area contributed by atoms with Crippen LogP contribution in [0.3, 0.4) is 0 Å². The number of nitrogens with two attached hydrogens (primary N) is 1. The van der Waals surface area contributed by atoms with Crippen molar-refractivity contribution in [1.82, 2.24) is 4.90 Å². The van der Waals surface area contributed by atoms with E-state index in [0.29, 0.717) is 47.1 Å². The normalized spacial score (nSPS) is 13.3. The molecule has 7 heteroatoms. The predicted molar refractivity (Wildman–Crippen MR) is 103 cm³/mol. The first-order valence-corrected chi connectivity index (χ1v) is 8.75. The zero-order chi connectivity index (χ0) is 19.4. The lowest BCUT2D eigenvalue weighted by molar-refractivity contribution is 0.0793. The minimum absolute atomic E-state index is 0.138. The summed E-state index contributed by atoms with van der Waals surface area (Å²) >= 11 is 0. The van der Waals surface area contributed by atoms with Gasteiger partial charge >= 0.3 is 0 Å². The van der Waals surface area contributed by atoms with E-state index in [1.807, 2.05) is 0 Å².